The van der Waals surface area contributed by atoms with Crippen molar-refractivity contribution in [2.45, 2.75) is 82.8 Å². The number of aliphatic imine (C=N–C) groups is 1. The van der Waals surface area contributed by atoms with Crippen LogP contribution in [-0.2, 0) is 26.0 Å². The Morgan fingerprint density at radius 3 is 2.23 bits per heavy atom. The number of nitrogens with zero attached hydrogens (tertiary/aromatic N) is 1. The van der Waals surface area contributed by atoms with Gasteiger partial charge in [0.05, 0.1) is 4.90 Å². The molecule has 5 rings (SSSR count). The lowest BCUT2D eigenvalue weighted by Crippen LogP contribution is -2.52. The summed E-state index contributed by atoms with van der Waals surface area (Å²) in [5.41, 5.74) is 10.9. The van der Waals surface area contributed by atoms with Gasteiger partial charge in [0.1, 0.15) is 23.5 Å². The Bertz CT molecular complexity index is 1840. The van der Waals surface area contributed by atoms with Crippen molar-refractivity contribution in [1.29, 1.82) is 0 Å². The smallest absolute Gasteiger partial charge is 0.408 e. The van der Waals surface area contributed by atoms with E-state index >= 15 is 0 Å². The van der Waals surface area contributed by atoms with Crippen LogP contribution in [0.1, 0.15) is 72.9 Å². The number of hydrogen-bond donors (Lipinski definition) is 4. The topological polar surface area (TPSA) is 169 Å². The largest absolute Gasteiger partial charge is 0.487 e. The molecule has 0 aromatic heterocycles. The Hall–Kier alpha value is -4.58. The van der Waals surface area contributed by atoms with Crippen LogP contribution < -0.4 is 20.5 Å². The van der Waals surface area contributed by atoms with E-state index in [0.29, 0.717) is 17.5 Å². The van der Waals surface area contributed by atoms with Gasteiger partial charge in [0, 0.05) is 24.4 Å². The third-order valence-electron chi connectivity index (χ3n) is 9.11. The molecule has 3 aromatic carbocycles. The molecule has 11 nitrogen and oxygen atoms in total. The van der Waals surface area contributed by atoms with Gasteiger partial charge >= 0.3 is 12.1 Å². The van der Waals surface area contributed by atoms with Crippen LogP contribution in [0.2, 0.25) is 0 Å². The van der Waals surface area contributed by atoms with Crippen molar-refractivity contribution in [3.8, 4) is 16.9 Å². The third kappa shape index (κ3) is 6.64. The van der Waals surface area contributed by atoms with Crippen LogP contribution in [0.3, 0.4) is 0 Å². The Balaban J connectivity index is 1.19. The zero-order chi connectivity index (χ0) is 34.3. The number of benzene rings is 3. The first-order valence-corrected chi connectivity index (χ1v) is 17.0. The molecule has 0 saturated heterocycles. The van der Waals surface area contributed by atoms with Crippen molar-refractivity contribution in [3.63, 3.8) is 0 Å². The van der Waals surface area contributed by atoms with E-state index in [4.69, 9.17) is 15.2 Å². The number of aliphatic carboxylic acids is 1. The third-order valence-corrected chi connectivity index (χ3v) is 10.7. The normalized spacial score (nSPS) is 16.3. The molecule has 250 valence electrons. The predicted molar refractivity (Wildman–Crippen MR) is 179 cm³/mol. The number of hydrogen-bond acceptors (Lipinski definition) is 7. The number of sulfonamides is 1. The van der Waals surface area contributed by atoms with Gasteiger partial charge in [0.2, 0.25) is 5.96 Å². The van der Waals surface area contributed by atoms with Crippen molar-refractivity contribution in [2.24, 2.45) is 10.7 Å². The molecule has 1 aliphatic carbocycles. The van der Waals surface area contributed by atoms with E-state index < -0.39 is 33.2 Å². The number of fused-ring (bicyclic) bond motifs is 4. The molecule has 1 amide bonds. The number of rotatable bonds is 10. The second-order valence-electron chi connectivity index (χ2n) is 13.1. The molecule has 0 bridgehead atoms. The number of carbonyl (C=O) groups is 2. The molecule has 12 heteroatoms. The van der Waals surface area contributed by atoms with Gasteiger partial charge in [-0.05, 0) is 93.3 Å². The number of amides is 1. The second-order valence-corrected chi connectivity index (χ2v) is 14.7. The van der Waals surface area contributed by atoms with Crippen LogP contribution in [0.15, 0.2) is 58.4 Å². The highest BCUT2D eigenvalue weighted by molar-refractivity contribution is 7.90. The number of nitrogens with two attached hydrogens (primary N) is 1. The maximum atomic E-state index is 13.4. The van der Waals surface area contributed by atoms with E-state index in [9.17, 15) is 23.1 Å². The Morgan fingerprint density at radius 1 is 1.04 bits per heavy atom. The van der Waals surface area contributed by atoms with E-state index in [-0.39, 0.29) is 42.8 Å². The fourth-order valence-corrected chi connectivity index (χ4v) is 8.11. The molecular weight excluding hydrogens is 620 g/mol. The number of carbonyl (C=O) groups excluding carboxylic acids is 1. The number of guanidine groups is 1. The number of ether oxygens (including phenoxy) is 2. The van der Waals surface area contributed by atoms with Crippen LogP contribution in [0, 0.1) is 20.8 Å². The summed E-state index contributed by atoms with van der Waals surface area (Å²) in [4.78, 5) is 29.3. The quantitative estimate of drug-likeness (QED) is 0.132. The number of alkyl carbamates (subject to hydrolysis) is 1. The van der Waals surface area contributed by atoms with Crippen molar-refractivity contribution in [1.82, 2.24) is 10.0 Å². The lowest BCUT2D eigenvalue weighted by atomic mass is 9.94. The van der Waals surface area contributed by atoms with Gasteiger partial charge in [-0.2, -0.15) is 0 Å². The molecule has 2 aliphatic rings. The minimum Gasteiger partial charge on any atom is -0.487 e. The average Bonchev–Trinajstić information content (AvgIpc) is 3.51. The fraction of sp³-hybridized carbons (Fsp3) is 0.400. The summed E-state index contributed by atoms with van der Waals surface area (Å²) in [5, 5.41) is 12.4. The summed E-state index contributed by atoms with van der Waals surface area (Å²) in [7, 11) is -4.08. The lowest BCUT2D eigenvalue weighted by Gasteiger charge is -2.26. The van der Waals surface area contributed by atoms with Crippen LogP contribution in [0.4, 0.5) is 4.79 Å². The van der Waals surface area contributed by atoms with Crippen LogP contribution in [0.5, 0.6) is 5.75 Å². The molecule has 0 radical (unpaired) electrons. The van der Waals surface area contributed by atoms with E-state index in [1.807, 2.05) is 69.3 Å². The summed E-state index contributed by atoms with van der Waals surface area (Å²) in [6.45, 7) is 10.7. The van der Waals surface area contributed by atoms with Crippen LogP contribution in [0.25, 0.3) is 11.1 Å². The summed E-state index contributed by atoms with van der Waals surface area (Å²) < 4.78 is 40.9. The van der Waals surface area contributed by atoms with Crippen molar-refractivity contribution < 1.29 is 32.6 Å². The zero-order valence-corrected chi connectivity index (χ0v) is 28.4. The van der Waals surface area contributed by atoms with Gasteiger partial charge in [0.15, 0.2) is 0 Å². The predicted octanol–water partition coefficient (Wildman–Crippen LogP) is 5.08. The highest BCUT2D eigenvalue weighted by atomic mass is 32.2. The molecule has 0 saturated carbocycles. The van der Waals surface area contributed by atoms with Crippen molar-refractivity contribution in [2.75, 3.05) is 13.2 Å². The monoisotopic (exact) mass is 662 g/mol. The first-order chi connectivity index (χ1) is 22.0. The van der Waals surface area contributed by atoms with Crippen LogP contribution in [-0.4, -0.2) is 55.8 Å². The maximum absolute atomic E-state index is 13.4. The van der Waals surface area contributed by atoms with Gasteiger partial charge in [0.25, 0.3) is 10.0 Å². The number of carboxylic acids is 1. The summed E-state index contributed by atoms with van der Waals surface area (Å²) in [5.74, 6) is -1.01. The summed E-state index contributed by atoms with van der Waals surface area (Å²) in [6.07, 6.45) is -0.0872. The molecule has 47 heavy (non-hydrogen) atoms. The first kappa shape index (κ1) is 33.8. The van der Waals surface area contributed by atoms with Gasteiger partial charge in [-0.1, -0.05) is 48.5 Å². The Morgan fingerprint density at radius 2 is 1.64 bits per heavy atom. The number of nitrogens with one attached hydrogen (secondary N) is 2. The molecule has 1 atom stereocenters. The minimum absolute atomic E-state index is 0.00588. The average molecular weight is 663 g/mol. The van der Waals surface area contributed by atoms with E-state index in [1.165, 1.54) is 6.92 Å². The second kappa shape index (κ2) is 12.6. The van der Waals surface area contributed by atoms with E-state index in [2.05, 4.69) is 15.0 Å². The van der Waals surface area contributed by atoms with Gasteiger partial charge < -0.3 is 25.6 Å². The maximum Gasteiger partial charge on any atom is 0.408 e. The molecular formula is C35H42N4O7S. The first-order valence-electron chi connectivity index (χ1n) is 15.6. The fourth-order valence-electron chi connectivity index (χ4n) is 6.58. The van der Waals surface area contributed by atoms with Gasteiger partial charge in [-0.3, -0.25) is 4.99 Å². The Kier molecular flexibility index (Phi) is 9.02. The standard InChI is InChI=1S/C35H42N4O7S/c1-20-21(2)30(22(3)27-18-34(4,5)46-29(20)27)47(43,44)39-32(36)37-17-11-16-35(6,31(40)41)38-33(42)45-19-28-25-14-9-7-12-23(25)24-13-8-10-15-26(24)28/h7-10,12-15,28H,11,16-19H2,1-6H3,(H,38,42)(H,40,41)(H3,36,37,39). The van der Waals surface area contributed by atoms with E-state index in [1.54, 1.807) is 13.8 Å². The van der Waals surface area contributed by atoms with Crippen molar-refractivity contribution >= 4 is 28.0 Å². The Labute approximate surface area is 275 Å². The highest BCUT2D eigenvalue weighted by Crippen LogP contribution is 2.45. The molecule has 1 aliphatic heterocycles. The SMILES string of the molecule is Cc1c(C)c(S(=O)(=O)NC(N)=NCCCC(C)(NC(=O)OCC2c3ccccc3-c3ccccc32)C(=O)O)c(C)c2c1OC(C)(C)C2. The molecule has 0 fully saturated rings. The molecule has 1 unspecified atom stereocenters. The molecule has 3 aromatic rings. The van der Waals surface area contributed by atoms with Crippen molar-refractivity contribution in [3.05, 3.63) is 81.9 Å². The van der Waals surface area contributed by atoms with Gasteiger partial charge in [-0.25, -0.2) is 22.7 Å². The van der Waals surface area contributed by atoms with Gasteiger partial charge in [-0.15, -0.1) is 0 Å². The minimum atomic E-state index is -4.08. The lowest BCUT2D eigenvalue weighted by molar-refractivity contribution is -0.144. The molecule has 1 heterocycles. The van der Waals surface area contributed by atoms with Crippen LogP contribution >= 0.6 is 0 Å². The zero-order valence-electron chi connectivity index (χ0n) is 27.6. The summed E-state index contributed by atoms with van der Waals surface area (Å²) >= 11 is 0. The molecule has 0 spiro atoms. The number of carboxylic acid groups (broad SMARTS) is 1. The molecule has 5 N–H and O–H groups in total. The summed E-state index contributed by atoms with van der Waals surface area (Å²) in [6, 6.07) is 15.9. The highest BCUT2D eigenvalue weighted by Gasteiger charge is 2.38. The van der Waals surface area contributed by atoms with E-state index in [0.717, 1.165) is 39.1 Å².